The van der Waals surface area contributed by atoms with Gasteiger partial charge in [0.05, 0.1) is 0 Å². The van der Waals surface area contributed by atoms with E-state index in [2.05, 4.69) is 0 Å². The number of ether oxygens (including phenoxy) is 4. The van der Waals surface area contributed by atoms with Gasteiger partial charge in [0.15, 0.2) is 17.6 Å². The molecule has 2 aromatic rings. The molecule has 0 saturated heterocycles. The van der Waals surface area contributed by atoms with Gasteiger partial charge < -0.3 is 24.1 Å². The first kappa shape index (κ1) is 18.8. The van der Waals surface area contributed by atoms with Crippen LogP contribution in [0.3, 0.4) is 0 Å². The summed E-state index contributed by atoms with van der Waals surface area (Å²) in [5, 5.41) is 9.14. The van der Waals surface area contributed by atoms with Gasteiger partial charge in [0.1, 0.15) is 12.4 Å². The first-order valence-corrected chi connectivity index (χ1v) is 8.78. The van der Waals surface area contributed by atoms with E-state index < -0.39 is 12.1 Å². The van der Waals surface area contributed by atoms with Gasteiger partial charge in [0.2, 0.25) is 6.79 Å². The van der Waals surface area contributed by atoms with Gasteiger partial charge in [-0.2, -0.15) is 0 Å². The fourth-order valence-electron chi connectivity index (χ4n) is 2.70. The predicted molar refractivity (Wildman–Crippen MR) is 100 cm³/mol. The predicted octanol–water partition coefficient (Wildman–Crippen LogP) is 3.54. The molecule has 0 amide bonds. The van der Waals surface area contributed by atoms with E-state index in [0.29, 0.717) is 19.6 Å². The molecule has 0 radical (unpaired) electrons. The molecule has 3 rings (SSSR count). The average Bonchev–Trinajstić information content (AvgIpc) is 3.14. The number of carboxylic acids is 1. The van der Waals surface area contributed by atoms with Crippen LogP contribution in [0, 0.1) is 0 Å². The Hall–Kier alpha value is -2.99. The van der Waals surface area contributed by atoms with Crippen molar-refractivity contribution in [1.29, 1.82) is 0 Å². The minimum absolute atomic E-state index is 0.263. The highest BCUT2D eigenvalue weighted by Crippen LogP contribution is 2.32. The Balaban J connectivity index is 1.49. The number of rotatable bonds is 9. The number of aliphatic carboxylic acids is 1. The van der Waals surface area contributed by atoms with Crippen LogP contribution in [0.1, 0.15) is 18.1 Å². The van der Waals surface area contributed by atoms with Crippen molar-refractivity contribution in [2.45, 2.75) is 19.4 Å². The van der Waals surface area contributed by atoms with Gasteiger partial charge in [-0.25, -0.2) is 4.79 Å². The lowest BCUT2D eigenvalue weighted by molar-refractivity contribution is -0.149. The minimum Gasteiger partial charge on any atom is -0.490 e. The van der Waals surface area contributed by atoms with Crippen LogP contribution in [-0.2, 0) is 16.0 Å². The lowest BCUT2D eigenvalue weighted by Gasteiger charge is -2.12. The summed E-state index contributed by atoms with van der Waals surface area (Å²) in [4.78, 5) is 11.1. The third-order valence-electron chi connectivity index (χ3n) is 4.04. The molecule has 0 spiro atoms. The molecule has 0 aromatic heterocycles. The molecule has 6 heteroatoms. The van der Waals surface area contributed by atoms with Crippen LogP contribution in [0.15, 0.2) is 48.5 Å². The summed E-state index contributed by atoms with van der Waals surface area (Å²) in [7, 11) is 0. The maximum atomic E-state index is 11.1. The Morgan fingerprint density at radius 3 is 2.70 bits per heavy atom. The van der Waals surface area contributed by atoms with E-state index in [-0.39, 0.29) is 6.79 Å². The molecule has 1 atom stereocenters. The first-order valence-electron chi connectivity index (χ1n) is 8.78. The summed E-state index contributed by atoms with van der Waals surface area (Å²) in [6.07, 6.45) is 3.37. The van der Waals surface area contributed by atoms with Crippen LogP contribution in [-0.4, -0.2) is 37.2 Å². The molecule has 0 fully saturated rings. The highest BCUT2D eigenvalue weighted by atomic mass is 16.7. The minimum atomic E-state index is -0.953. The molecule has 0 bridgehead atoms. The second kappa shape index (κ2) is 9.09. The third kappa shape index (κ3) is 5.24. The van der Waals surface area contributed by atoms with Crippen molar-refractivity contribution in [3.05, 3.63) is 59.7 Å². The quantitative estimate of drug-likeness (QED) is 0.728. The van der Waals surface area contributed by atoms with E-state index in [1.807, 2.05) is 54.6 Å². The maximum Gasteiger partial charge on any atom is 0.333 e. The topological polar surface area (TPSA) is 74.2 Å². The van der Waals surface area contributed by atoms with E-state index in [1.54, 1.807) is 6.92 Å². The normalized spacial score (nSPS) is 13.7. The number of carboxylic acid groups (broad SMARTS) is 1. The van der Waals surface area contributed by atoms with E-state index in [0.717, 1.165) is 28.4 Å². The van der Waals surface area contributed by atoms with E-state index in [9.17, 15) is 4.79 Å². The lowest BCUT2D eigenvalue weighted by Crippen LogP contribution is -2.26. The zero-order valence-corrected chi connectivity index (χ0v) is 15.1. The second-order valence-corrected chi connectivity index (χ2v) is 5.96. The highest BCUT2D eigenvalue weighted by molar-refractivity contribution is 5.72. The summed E-state index contributed by atoms with van der Waals surface area (Å²) in [6.45, 7) is 2.84. The lowest BCUT2D eigenvalue weighted by atomic mass is 10.1. The summed E-state index contributed by atoms with van der Waals surface area (Å²) in [5.74, 6) is 1.28. The highest BCUT2D eigenvalue weighted by Gasteiger charge is 2.17. The van der Waals surface area contributed by atoms with Crippen LogP contribution in [0.5, 0.6) is 17.2 Å². The number of fused-ring (bicyclic) bond motifs is 1. The van der Waals surface area contributed by atoms with Crippen LogP contribution in [0.2, 0.25) is 0 Å². The molecular weight excluding hydrogens is 348 g/mol. The van der Waals surface area contributed by atoms with Crippen LogP contribution in [0.4, 0.5) is 0 Å². The Bertz CT molecular complexity index is 797. The molecule has 1 heterocycles. The first-order chi connectivity index (χ1) is 13.2. The van der Waals surface area contributed by atoms with Crippen LogP contribution < -0.4 is 14.2 Å². The summed E-state index contributed by atoms with van der Waals surface area (Å²) < 4.78 is 21.6. The van der Waals surface area contributed by atoms with Gasteiger partial charge in [-0.05, 0) is 48.4 Å². The molecule has 1 N–H and O–H groups in total. The maximum absolute atomic E-state index is 11.1. The van der Waals surface area contributed by atoms with Gasteiger partial charge in [0.25, 0.3) is 0 Å². The summed E-state index contributed by atoms with van der Waals surface area (Å²) >= 11 is 0. The smallest absolute Gasteiger partial charge is 0.333 e. The Labute approximate surface area is 157 Å². The van der Waals surface area contributed by atoms with Gasteiger partial charge in [-0.1, -0.05) is 24.3 Å². The van der Waals surface area contributed by atoms with Crippen molar-refractivity contribution in [3.63, 3.8) is 0 Å². The molecular formula is C21H22O6. The molecule has 2 aromatic carbocycles. The summed E-state index contributed by atoms with van der Waals surface area (Å²) in [5.41, 5.74) is 1.90. The number of hydrogen-bond donors (Lipinski definition) is 1. The van der Waals surface area contributed by atoms with Crippen molar-refractivity contribution in [3.8, 4) is 17.2 Å². The average molecular weight is 370 g/mol. The number of carbonyl (C=O) groups is 1. The molecule has 142 valence electrons. The fourth-order valence-corrected chi connectivity index (χ4v) is 2.70. The van der Waals surface area contributed by atoms with Crippen molar-refractivity contribution in [2.24, 2.45) is 0 Å². The molecule has 1 aliphatic heterocycles. The molecule has 0 aliphatic carbocycles. The van der Waals surface area contributed by atoms with Crippen LogP contribution >= 0.6 is 0 Å². The van der Waals surface area contributed by atoms with Gasteiger partial charge in [-0.3, -0.25) is 0 Å². The largest absolute Gasteiger partial charge is 0.490 e. The SMILES string of the molecule is CCO[C@@H](Cc1ccc(OC/C=C/c2ccc3c(c2)OCO3)cc1)C(=O)O. The Morgan fingerprint density at radius 2 is 1.96 bits per heavy atom. The second-order valence-electron chi connectivity index (χ2n) is 5.96. The van der Waals surface area contributed by atoms with Gasteiger partial charge >= 0.3 is 5.97 Å². The van der Waals surface area contributed by atoms with Crippen molar-refractivity contribution in [2.75, 3.05) is 20.0 Å². The standard InChI is InChI=1S/C21H22O6/c1-2-24-20(21(22)23)13-16-5-8-17(9-6-16)25-11-3-4-15-7-10-18-19(12-15)27-14-26-18/h3-10,12,20H,2,11,13-14H2,1H3,(H,22,23)/b4-3+/t20-/m0/s1. The Kier molecular flexibility index (Phi) is 6.33. The van der Waals surface area contributed by atoms with Gasteiger partial charge in [-0.15, -0.1) is 0 Å². The summed E-state index contributed by atoms with van der Waals surface area (Å²) in [6, 6.07) is 13.1. The molecule has 27 heavy (non-hydrogen) atoms. The monoisotopic (exact) mass is 370 g/mol. The van der Waals surface area contributed by atoms with Crippen molar-refractivity contribution >= 4 is 12.0 Å². The Morgan fingerprint density at radius 1 is 1.19 bits per heavy atom. The molecule has 1 aliphatic rings. The van der Waals surface area contributed by atoms with Gasteiger partial charge in [0, 0.05) is 13.0 Å². The van der Waals surface area contributed by atoms with Crippen LogP contribution in [0.25, 0.3) is 6.08 Å². The zero-order chi connectivity index (χ0) is 19.1. The van der Waals surface area contributed by atoms with Crippen molar-refractivity contribution < 1.29 is 28.8 Å². The van der Waals surface area contributed by atoms with E-state index in [1.165, 1.54) is 0 Å². The van der Waals surface area contributed by atoms with E-state index in [4.69, 9.17) is 24.1 Å². The zero-order valence-electron chi connectivity index (χ0n) is 15.1. The van der Waals surface area contributed by atoms with Crippen molar-refractivity contribution in [1.82, 2.24) is 0 Å². The third-order valence-corrected chi connectivity index (χ3v) is 4.04. The van der Waals surface area contributed by atoms with E-state index >= 15 is 0 Å². The number of hydrogen-bond acceptors (Lipinski definition) is 5. The fraction of sp³-hybridized carbons (Fsp3) is 0.286. The number of benzene rings is 2. The molecule has 0 unspecified atom stereocenters. The molecule has 6 nitrogen and oxygen atoms in total. The molecule has 0 saturated carbocycles.